The van der Waals surface area contributed by atoms with E-state index in [0.717, 1.165) is 42.9 Å². The van der Waals surface area contributed by atoms with Crippen molar-refractivity contribution in [3.05, 3.63) is 88.6 Å². The van der Waals surface area contributed by atoms with E-state index < -0.39 is 0 Å². The van der Waals surface area contributed by atoms with Gasteiger partial charge in [-0.15, -0.1) is 0 Å². The normalized spacial score (nSPS) is 18.4. The predicted molar refractivity (Wildman–Crippen MR) is 143 cm³/mol. The molecule has 2 aromatic heterocycles. The summed E-state index contributed by atoms with van der Waals surface area (Å²) in [7, 11) is 0. The van der Waals surface area contributed by atoms with Crippen molar-refractivity contribution < 1.29 is 9.90 Å². The number of aromatic hydroxyl groups is 1. The maximum Gasteiger partial charge on any atom is 0.252 e. The quantitative estimate of drug-likeness (QED) is 0.306. The monoisotopic (exact) mass is 497 g/mol. The first kappa shape index (κ1) is 24.6. The summed E-state index contributed by atoms with van der Waals surface area (Å²) in [6, 6.07) is 18.1. The van der Waals surface area contributed by atoms with Crippen molar-refractivity contribution in [2.24, 2.45) is 17.6 Å². The van der Waals surface area contributed by atoms with Gasteiger partial charge in [0.1, 0.15) is 12.1 Å². The Balaban J connectivity index is 1.44. The van der Waals surface area contributed by atoms with Gasteiger partial charge >= 0.3 is 0 Å². The van der Waals surface area contributed by atoms with Crippen LogP contribution in [0.15, 0.2) is 71.8 Å². The molecule has 1 amide bonds. The molecule has 1 unspecified atom stereocenters. The Morgan fingerprint density at radius 3 is 2.59 bits per heavy atom. The maximum atomic E-state index is 13.3. The maximum absolute atomic E-state index is 13.3. The molecule has 1 saturated carbocycles. The Kier molecular flexibility index (Phi) is 7.28. The van der Waals surface area contributed by atoms with Crippen molar-refractivity contribution in [2.45, 2.75) is 38.1 Å². The number of rotatable bonds is 7. The van der Waals surface area contributed by atoms with Crippen LogP contribution >= 0.6 is 0 Å². The molecule has 2 aromatic carbocycles. The number of carbonyl (C=O) groups is 1. The number of nitrogens with one attached hydrogen (secondary N) is 2. The molecule has 0 bridgehead atoms. The molecular weight excluding hydrogens is 466 g/mol. The highest BCUT2D eigenvalue weighted by Crippen LogP contribution is 2.30. The number of hydrogen-bond donors (Lipinski definition) is 4. The number of nitrogens with two attached hydrogens (primary N) is 1. The van der Waals surface area contributed by atoms with E-state index in [2.05, 4.69) is 20.3 Å². The second-order valence-corrected chi connectivity index (χ2v) is 9.81. The van der Waals surface area contributed by atoms with E-state index in [0.29, 0.717) is 41.2 Å². The summed E-state index contributed by atoms with van der Waals surface area (Å²) >= 11 is 0. The molecular formula is C29H31N5O3. The summed E-state index contributed by atoms with van der Waals surface area (Å²) in [6.07, 6.45) is 5.76. The summed E-state index contributed by atoms with van der Waals surface area (Å²) in [4.78, 5) is 36.7. The van der Waals surface area contributed by atoms with Gasteiger partial charge in [-0.3, -0.25) is 9.59 Å². The van der Waals surface area contributed by atoms with Crippen molar-refractivity contribution >= 4 is 16.8 Å². The summed E-state index contributed by atoms with van der Waals surface area (Å²) < 4.78 is 0. The minimum absolute atomic E-state index is 0.0204. The average Bonchev–Trinajstić information content (AvgIpc) is 2.93. The number of fused-ring (bicyclic) bond motifs is 1. The molecule has 8 heteroatoms. The van der Waals surface area contributed by atoms with Crippen molar-refractivity contribution in [2.75, 3.05) is 6.54 Å². The minimum Gasteiger partial charge on any atom is -0.507 e. The molecule has 0 radical (unpaired) electrons. The number of hydrogen-bond acceptors (Lipinski definition) is 6. The largest absolute Gasteiger partial charge is 0.507 e. The fraction of sp³-hybridized carbons (Fsp3) is 0.310. The van der Waals surface area contributed by atoms with Crippen molar-refractivity contribution in [3.63, 3.8) is 0 Å². The van der Waals surface area contributed by atoms with Gasteiger partial charge in [-0.1, -0.05) is 36.4 Å². The van der Waals surface area contributed by atoms with E-state index in [9.17, 15) is 14.7 Å². The lowest BCUT2D eigenvalue weighted by Gasteiger charge is -2.28. The molecule has 1 fully saturated rings. The van der Waals surface area contributed by atoms with Gasteiger partial charge in [0.15, 0.2) is 0 Å². The van der Waals surface area contributed by atoms with Crippen LogP contribution in [0.3, 0.4) is 0 Å². The zero-order valence-corrected chi connectivity index (χ0v) is 20.6. The lowest BCUT2D eigenvalue weighted by molar-refractivity contribution is -0.127. The summed E-state index contributed by atoms with van der Waals surface area (Å²) in [5, 5.41) is 14.1. The zero-order valence-electron chi connectivity index (χ0n) is 20.6. The summed E-state index contributed by atoms with van der Waals surface area (Å²) in [6.45, 7) is 0.678. The molecule has 4 aromatic rings. The Morgan fingerprint density at radius 1 is 1.05 bits per heavy atom. The lowest BCUT2D eigenvalue weighted by Crippen LogP contribution is -2.37. The molecule has 37 heavy (non-hydrogen) atoms. The van der Waals surface area contributed by atoms with E-state index in [1.54, 1.807) is 12.1 Å². The first-order valence-electron chi connectivity index (χ1n) is 12.7. The second-order valence-electron chi connectivity index (χ2n) is 9.81. The summed E-state index contributed by atoms with van der Waals surface area (Å²) in [5.74, 6) is 0.449. The fourth-order valence-corrected chi connectivity index (χ4v) is 5.15. The highest BCUT2D eigenvalue weighted by molar-refractivity contribution is 5.88. The van der Waals surface area contributed by atoms with Crippen molar-refractivity contribution in [3.8, 4) is 17.0 Å². The van der Waals surface area contributed by atoms with Crippen LogP contribution in [-0.4, -0.2) is 32.5 Å². The molecule has 1 aliphatic carbocycles. The SMILES string of the molecule is NC[C@H]1CC[C@H](C(=O)NC(Cc2ccccc2)c2cc(-c3ccc4[nH]c(=O)cc(O)c4c3)ncn2)CC1. The fourth-order valence-electron chi connectivity index (χ4n) is 5.15. The van der Waals surface area contributed by atoms with Crippen LogP contribution < -0.4 is 16.6 Å². The third-order valence-electron chi connectivity index (χ3n) is 7.31. The van der Waals surface area contributed by atoms with Gasteiger partial charge in [0.2, 0.25) is 5.91 Å². The number of carbonyl (C=O) groups excluding carboxylic acids is 1. The first-order valence-corrected chi connectivity index (χ1v) is 12.7. The van der Waals surface area contributed by atoms with Crippen LogP contribution in [0.1, 0.15) is 43.0 Å². The van der Waals surface area contributed by atoms with Crippen molar-refractivity contribution in [1.82, 2.24) is 20.3 Å². The van der Waals surface area contributed by atoms with Gasteiger partial charge in [-0.05, 0) is 68.3 Å². The molecule has 1 aliphatic rings. The molecule has 1 atom stereocenters. The van der Waals surface area contributed by atoms with E-state index in [1.165, 1.54) is 6.33 Å². The number of aromatic amines is 1. The van der Waals surface area contributed by atoms with Crippen LogP contribution in [0.25, 0.3) is 22.2 Å². The van der Waals surface area contributed by atoms with Gasteiger partial charge in [-0.2, -0.15) is 0 Å². The number of amides is 1. The Morgan fingerprint density at radius 2 is 1.84 bits per heavy atom. The standard InChI is InChI=1S/C29H31N5O3/c30-16-19-6-8-20(9-7-19)29(37)34-26(12-18-4-2-1-3-5-18)25-14-24(31-17-32-25)21-10-11-23-22(13-21)27(35)15-28(36)33-23/h1-5,10-11,13-15,17,19-20,26H,6-9,12,16,30H2,(H,34,37)(H2,33,35,36)/t19-,20-,26?. The minimum atomic E-state index is -0.363. The van der Waals surface area contributed by atoms with E-state index in [-0.39, 0.29) is 29.2 Å². The van der Waals surface area contributed by atoms with Gasteiger partial charge in [0.25, 0.3) is 5.56 Å². The summed E-state index contributed by atoms with van der Waals surface area (Å²) in [5.41, 5.74) is 9.25. The van der Waals surface area contributed by atoms with Gasteiger partial charge in [0.05, 0.1) is 22.9 Å². The van der Waals surface area contributed by atoms with Crippen LogP contribution in [-0.2, 0) is 11.2 Å². The van der Waals surface area contributed by atoms with Crippen LogP contribution in [0.5, 0.6) is 5.75 Å². The molecule has 5 rings (SSSR count). The average molecular weight is 498 g/mol. The third-order valence-corrected chi connectivity index (χ3v) is 7.31. The topological polar surface area (TPSA) is 134 Å². The van der Waals surface area contributed by atoms with Crippen LogP contribution in [0.2, 0.25) is 0 Å². The van der Waals surface area contributed by atoms with Crippen molar-refractivity contribution in [1.29, 1.82) is 0 Å². The predicted octanol–water partition coefficient (Wildman–Crippen LogP) is 3.86. The number of nitrogens with zero attached hydrogens (tertiary/aromatic N) is 2. The van der Waals surface area contributed by atoms with Gasteiger partial charge in [-0.25, -0.2) is 9.97 Å². The first-order chi connectivity index (χ1) is 18.0. The number of H-pyrrole nitrogens is 1. The molecule has 5 N–H and O–H groups in total. The highest BCUT2D eigenvalue weighted by Gasteiger charge is 2.28. The highest BCUT2D eigenvalue weighted by atomic mass is 16.3. The van der Waals surface area contributed by atoms with Gasteiger partial charge < -0.3 is 21.1 Å². The number of pyridine rings is 1. The second kappa shape index (κ2) is 10.9. The van der Waals surface area contributed by atoms with Crippen LogP contribution in [0.4, 0.5) is 0 Å². The molecule has 190 valence electrons. The molecule has 8 nitrogen and oxygen atoms in total. The van der Waals surface area contributed by atoms with Gasteiger partial charge in [0, 0.05) is 22.9 Å². The Hall–Kier alpha value is -4.04. The third kappa shape index (κ3) is 5.70. The zero-order chi connectivity index (χ0) is 25.8. The van der Waals surface area contributed by atoms with E-state index >= 15 is 0 Å². The Bertz CT molecular complexity index is 1450. The van der Waals surface area contributed by atoms with Crippen LogP contribution in [0, 0.1) is 11.8 Å². The molecule has 0 spiro atoms. The lowest BCUT2D eigenvalue weighted by atomic mass is 9.81. The Labute approximate surface area is 215 Å². The van der Waals surface area contributed by atoms with E-state index in [1.807, 2.05) is 42.5 Å². The molecule has 0 aliphatic heterocycles. The smallest absolute Gasteiger partial charge is 0.252 e. The number of aromatic nitrogens is 3. The van der Waals surface area contributed by atoms with E-state index in [4.69, 9.17) is 5.73 Å². The molecule has 0 saturated heterocycles. The molecule has 2 heterocycles. The number of benzene rings is 2.